The Kier molecular flexibility index (Phi) is 46.4. The van der Waals surface area contributed by atoms with Crippen molar-refractivity contribution in [3.8, 4) is 6.07 Å². The summed E-state index contributed by atoms with van der Waals surface area (Å²) in [4.78, 5) is 28.8. The van der Waals surface area contributed by atoms with Gasteiger partial charge in [0.15, 0.2) is 0 Å². The van der Waals surface area contributed by atoms with E-state index in [2.05, 4.69) is 14.2 Å². The van der Waals surface area contributed by atoms with Gasteiger partial charge in [0, 0.05) is 35.1 Å². The van der Waals surface area contributed by atoms with Crippen molar-refractivity contribution in [3.63, 3.8) is 0 Å². The molecule has 0 heterocycles. The first kappa shape index (κ1) is 39.7. The molecule has 11 nitrogen and oxygen atoms in total. The fraction of sp³-hybridized carbons (Fsp3) is 0.733. The van der Waals surface area contributed by atoms with E-state index in [1.807, 2.05) is 0 Å². The van der Waals surface area contributed by atoms with Gasteiger partial charge in [0.05, 0.1) is 33.7 Å². The number of Topliss-reactive ketones (excluding diaryl/α,β-unsaturated/α-hetero) is 1. The zero-order valence-electron chi connectivity index (χ0n) is 18.0. The third-order valence-corrected chi connectivity index (χ3v) is 2.61. The van der Waals surface area contributed by atoms with Crippen molar-refractivity contribution in [2.45, 2.75) is 27.7 Å². The van der Waals surface area contributed by atoms with Crippen LogP contribution in [0.5, 0.6) is 0 Å². The van der Waals surface area contributed by atoms with E-state index < -0.39 is 16.2 Å². The third-order valence-electron chi connectivity index (χ3n) is 1.28. The zero-order chi connectivity index (χ0) is 23.6. The number of sulfonamides is 1. The van der Waals surface area contributed by atoms with Crippen molar-refractivity contribution in [3.05, 3.63) is 0 Å². The molecule has 0 saturated carbocycles. The summed E-state index contributed by atoms with van der Waals surface area (Å²) >= 11 is 0. The molecule has 0 unspecified atom stereocenters. The van der Waals surface area contributed by atoms with E-state index in [4.69, 9.17) is 10.4 Å². The Morgan fingerprint density at radius 3 is 1.07 bits per heavy atom. The lowest BCUT2D eigenvalue weighted by Crippen LogP contribution is -2.19. The van der Waals surface area contributed by atoms with Gasteiger partial charge in [-0.2, -0.15) is 5.26 Å². The van der Waals surface area contributed by atoms with Gasteiger partial charge in [0.1, 0.15) is 5.78 Å². The summed E-state index contributed by atoms with van der Waals surface area (Å²) in [6.07, 6.45) is 0.502. The van der Waals surface area contributed by atoms with Gasteiger partial charge in [-0.15, -0.1) is 0 Å². The molecule has 12 heteroatoms. The highest BCUT2D eigenvalue weighted by atomic mass is 32.2. The minimum absolute atomic E-state index is 0.167. The molecule has 164 valence electrons. The first-order valence-corrected chi connectivity index (χ1v) is 8.79. The lowest BCUT2D eigenvalue weighted by atomic mass is 10.6. The number of methoxy groups -OCH3 is 3. The average Bonchev–Trinajstić information content (AvgIpc) is 2.56. The average molecular weight is 419 g/mol. The number of aliphatic hydroxyl groups excluding tert-OH is 1. The molecule has 0 spiro atoms. The van der Waals surface area contributed by atoms with Crippen LogP contribution in [0, 0.1) is 11.3 Å². The van der Waals surface area contributed by atoms with Gasteiger partial charge in [0.25, 0.3) is 0 Å². The molecule has 0 radical (unpaired) electrons. The number of hydrogen-bond acceptors (Lipinski definition) is 10. The van der Waals surface area contributed by atoms with Crippen LogP contribution in [0.25, 0.3) is 0 Å². The Hall–Kier alpha value is -2.23. The van der Waals surface area contributed by atoms with E-state index in [0.717, 1.165) is 17.7 Å². The standard InChI is InChI=1S/C3H9NO2S.C3H6O3.C3H6O2.C3H6O.C2H3N.CH4O/c1-4(2)7(3,5)6;1-5-3(4)6-2;1-3(4)5-2;1-3(2)4;1-2-3;1-2/h1-3H3;1-2H3;1-2H3;1-2H3;1H3;2H,1H3. The predicted molar refractivity (Wildman–Crippen MR) is 101 cm³/mol. The largest absolute Gasteiger partial charge is 0.507 e. The summed E-state index contributed by atoms with van der Waals surface area (Å²) in [6.45, 7) is 5.85. The monoisotopic (exact) mass is 418 g/mol. The molecule has 0 aliphatic rings. The Balaban J connectivity index is -0.0000000511. The van der Waals surface area contributed by atoms with Crippen molar-refractivity contribution >= 4 is 27.9 Å². The Morgan fingerprint density at radius 1 is 0.926 bits per heavy atom. The summed E-state index contributed by atoms with van der Waals surface area (Å²) in [5, 5.41) is 14.3. The molecule has 0 bridgehead atoms. The first-order chi connectivity index (χ1) is 12.2. The normalized spacial score (nSPS) is 7.56. The van der Waals surface area contributed by atoms with Crippen LogP contribution in [0.3, 0.4) is 0 Å². The van der Waals surface area contributed by atoms with Crippen LogP contribution >= 0.6 is 0 Å². The fourth-order valence-electron chi connectivity index (χ4n) is 0.0833. The van der Waals surface area contributed by atoms with E-state index in [1.54, 1.807) is 6.07 Å². The van der Waals surface area contributed by atoms with Crippen molar-refractivity contribution in [1.29, 1.82) is 5.26 Å². The van der Waals surface area contributed by atoms with Crippen LogP contribution < -0.4 is 0 Å². The first-order valence-electron chi connectivity index (χ1n) is 6.94. The van der Waals surface area contributed by atoms with E-state index >= 15 is 0 Å². The Morgan fingerprint density at radius 2 is 1.07 bits per heavy atom. The number of esters is 1. The zero-order valence-corrected chi connectivity index (χ0v) is 18.8. The number of carbonyl (C=O) groups excluding carboxylic acids is 3. The second-order valence-corrected chi connectivity index (χ2v) is 6.23. The van der Waals surface area contributed by atoms with Gasteiger partial charge in [0.2, 0.25) is 10.0 Å². The van der Waals surface area contributed by atoms with Crippen molar-refractivity contribution in [2.24, 2.45) is 0 Å². The number of aliphatic hydroxyl groups is 1. The molecule has 0 aromatic heterocycles. The molecule has 0 aromatic carbocycles. The van der Waals surface area contributed by atoms with Gasteiger partial charge in [-0.25, -0.2) is 17.5 Å². The maximum absolute atomic E-state index is 10.3. The topological polar surface area (TPSA) is 160 Å². The lowest BCUT2D eigenvalue weighted by Gasteiger charge is -2.02. The van der Waals surface area contributed by atoms with Crippen LogP contribution in [-0.2, 0) is 33.8 Å². The number of rotatable bonds is 1. The summed E-state index contributed by atoms with van der Waals surface area (Å²) in [6, 6.07) is 1.75. The number of ether oxygens (including phenoxy) is 3. The molecule has 0 atom stereocenters. The second-order valence-electron chi connectivity index (χ2n) is 4.03. The molecule has 0 saturated heterocycles. The highest BCUT2D eigenvalue weighted by Crippen LogP contribution is 1.83. The van der Waals surface area contributed by atoms with Crippen LogP contribution in [0.15, 0.2) is 0 Å². The maximum Gasteiger partial charge on any atom is 0.507 e. The minimum atomic E-state index is -2.91. The highest BCUT2D eigenvalue weighted by Gasteiger charge is 2.00. The SMILES string of the molecule is CC#N.CC(C)=O.CN(C)S(C)(=O)=O.CO.COC(=O)OC.COC(C)=O. The summed E-state index contributed by atoms with van der Waals surface area (Å²) < 4.78 is 33.9. The van der Waals surface area contributed by atoms with Gasteiger partial charge < -0.3 is 24.1 Å². The molecule has 0 aromatic rings. The number of ketones is 1. The van der Waals surface area contributed by atoms with Gasteiger partial charge in [-0.05, 0) is 13.8 Å². The van der Waals surface area contributed by atoms with Crippen molar-refractivity contribution in [1.82, 2.24) is 4.31 Å². The number of carbonyl (C=O) groups is 3. The molecule has 0 rings (SSSR count). The Bertz CT molecular complexity index is 474. The molecule has 0 amide bonds. The summed E-state index contributed by atoms with van der Waals surface area (Å²) in [5.74, 6) is -0.0787. The van der Waals surface area contributed by atoms with Crippen LogP contribution in [0.4, 0.5) is 4.79 Å². The predicted octanol–water partition coefficient (Wildman–Crippen LogP) is 0.820. The number of hydrogen-bond donors (Lipinski definition) is 1. The van der Waals surface area contributed by atoms with Gasteiger partial charge >= 0.3 is 12.1 Å². The Labute approximate surface area is 162 Å². The molecular weight excluding hydrogens is 384 g/mol. The smallest absolute Gasteiger partial charge is 0.469 e. The summed E-state index contributed by atoms with van der Waals surface area (Å²) in [7, 11) is 4.94. The molecule has 0 aliphatic heterocycles. The van der Waals surface area contributed by atoms with E-state index in [1.165, 1.54) is 63.1 Å². The molecule has 1 N–H and O–H groups in total. The van der Waals surface area contributed by atoms with E-state index in [0.29, 0.717) is 0 Å². The quantitative estimate of drug-likeness (QED) is 0.603. The van der Waals surface area contributed by atoms with E-state index in [9.17, 15) is 22.8 Å². The number of nitriles is 1. The van der Waals surface area contributed by atoms with Crippen LogP contribution in [-0.4, -0.2) is 84.5 Å². The van der Waals surface area contributed by atoms with Gasteiger partial charge in [-0.3, -0.25) is 4.79 Å². The highest BCUT2D eigenvalue weighted by molar-refractivity contribution is 7.88. The maximum atomic E-state index is 10.3. The molecule has 0 fully saturated rings. The molecule has 27 heavy (non-hydrogen) atoms. The minimum Gasteiger partial charge on any atom is -0.469 e. The third kappa shape index (κ3) is 118. The number of nitrogens with zero attached hydrogens (tertiary/aromatic N) is 2. The summed E-state index contributed by atoms with van der Waals surface area (Å²) in [5.41, 5.74) is 0. The molecular formula is C15H34N2O9S. The van der Waals surface area contributed by atoms with Crippen LogP contribution in [0.1, 0.15) is 27.7 Å². The van der Waals surface area contributed by atoms with Crippen molar-refractivity contribution < 1.29 is 42.1 Å². The fourth-order valence-corrected chi connectivity index (χ4v) is 0.0833. The van der Waals surface area contributed by atoms with Crippen molar-refractivity contribution in [2.75, 3.05) is 48.8 Å². The van der Waals surface area contributed by atoms with E-state index in [-0.39, 0.29) is 11.8 Å². The lowest BCUT2D eigenvalue weighted by molar-refractivity contribution is -0.137. The molecule has 0 aliphatic carbocycles. The van der Waals surface area contributed by atoms with Crippen LogP contribution in [0.2, 0.25) is 0 Å². The van der Waals surface area contributed by atoms with Gasteiger partial charge in [-0.1, -0.05) is 0 Å². The second kappa shape index (κ2) is 31.5.